The first kappa shape index (κ1) is 16.9. The van der Waals surface area contributed by atoms with Gasteiger partial charge in [0.15, 0.2) is 0 Å². The summed E-state index contributed by atoms with van der Waals surface area (Å²) in [7, 11) is 0. The van der Waals surface area contributed by atoms with E-state index in [0.717, 1.165) is 0 Å². The highest BCUT2D eigenvalue weighted by Gasteiger charge is 2.38. The molecule has 4 N–H and O–H groups in total. The van der Waals surface area contributed by atoms with Crippen LogP contribution in [0, 0.1) is 5.41 Å². The number of aliphatic carboxylic acids is 1. The van der Waals surface area contributed by atoms with Crippen LogP contribution in [0.1, 0.15) is 40.0 Å². The van der Waals surface area contributed by atoms with Gasteiger partial charge in [-0.3, -0.25) is 9.59 Å². The molecule has 6 heteroatoms. The van der Waals surface area contributed by atoms with Crippen LogP contribution >= 0.6 is 0 Å². The summed E-state index contributed by atoms with van der Waals surface area (Å²) in [5.41, 5.74) is -2.21. The molecule has 0 radical (unpaired) electrons. The van der Waals surface area contributed by atoms with Gasteiger partial charge in [0.1, 0.15) is 0 Å². The third kappa shape index (κ3) is 3.96. The predicted molar refractivity (Wildman–Crippen MR) is 66.0 cm³/mol. The normalized spacial score (nSPS) is 12.3. The molecule has 0 unspecified atom stereocenters. The number of aliphatic hydroxyl groups excluding tert-OH is 2. The van der Waals surface area contributed by atoms with Crippen LogP contribution in [0.2, 0.25) is 0 Å². The smallest absolute Gasteiger partial charge is 0.310 e. The molecule has 0 aromatic carbocycles. The summed E-state index contributed by atoms with van der Waals surface area (Å²) in [5.74, 6) is -1.48. The van der Waals surface area contributed by atoms with Crippen molar-refractivity contribution in [2.45, 2.75) is 45.6 Å². The van der Waals surface area contributed by atoms with E-state index in [-0.39, 0.29) is 6.42 Å². The second-order valence-corrected chi connectivity index (χ2v) is 4.89. The molecule has 0 aromatic rings. The van der Waals surface area contributed by atoms with Crippen molar-refractivity contribution < 1.29 is 24.9 Å². The van der Waals surface area contributed by atoms with E-state index in [9.17, 15) is 14.7 Å². The van der Waals surface area contributed by atoms with Gasteiger partial charge in [-0.2, -0.15) is 0 Å². The first-order chi connectivity index (χ1) is 8.29. The highest BCUT2D eigenvalue weighted by atomic mass is 16.4. The number of rotatable bonds is 8. The zero-order valence-corrected chi connectivity index (χ0v) is 11.2. The Morgan fingerprint density at radius 2 is 1.56 bits per heavy atom. The molecule has 0 fully saturated rings. The summed E-state index contributed by atoms with van der Waals surface area (Å²) in [4.78, 5) is 23.1. The van der Waals surface area contributed by atoms with E-state index in [1.54, 1.807) is 13.8 Å². The van der Waals surface area contributed by atoms with E-state index in [1.165, 1.54) is 6.92 Å². The molecule has 0 heterocycles. The standard InChI is InChI=1S/C12H23NO5/c1-4-12(5-2,10(17)18)6-9(16)13-11(3,7-14)8-15/h14-15H,4-8H2,1-3H3,(H,13,16)(H,17,18). The zero-order valence-electron chi connectivity index (χ0n) is 11.2. The Kier molecular flexibility index (Phi) is 6.28. The van der Waals surface area contributed by atoms with Gasteiger partial charge >= 0.3 is 5.97 Å². The Morgan fingerprint density at radius 1 is 1.11 bits per heavy atom. The largest absolute Gasteiger partial charge is 0.481 e. The number of amides is 1. The number of carboxylic acid groups (broad SMARTS) is 1. The Labute approximate surface area is 107 Å². The summed E-state index contributed by atoms with van der Waals surface area (Å²) in [5, 5.41) is 29.8. The second kappa shape index (κ2) is 6.70. The number of nitrogens with one attached hydrogen (secondary N) is 1. The first-order valence-electron chi connectivity index (χ1n) is 6.05. The van der Waals surface area contributed by atoms with Crippen molar-refractivity contribution in [2.75, 3.05) is 13.2 Å². The number of carboxylic acids is 1. The van der Waals surface area contributed by atoms with Crippen molar-refractivity contribution in [3.63, 3.8) is 0 Å². The van der Waals surface area contributed by atoms with E-state index >= 15 is 0 Å². The fourth-order valence-corrected chi connectivity index (χ4v) is 1.70. The molecule has 0 saturated heterocycles. The van der Waals surface area contributed by atoms with Gasteiger partial charge in [0.05, 0.1) is 24.2 Å². The van der Waals surface area contributed by atoms with Gasteiger partial charge in [0, 0.05) is 6.42 Å². The molecule has 0 rings (SSSR count). The van der Waals surface area contributed by atoms with E-state index in [4.69, 9.17) is 10.2 Å². The zero-order chi connectivity index (χ0) is 14.4. The lowest BCUT2D eigenvalue weighted by molar-refractivity contribution is -0.152. The summed E-state index contributed by atoms with van der Waals surface area (Å²) in [6.45, 7) is 4.12. The molecule has 0 aliphatic heterocycles. The summed E-state index contributed by atoms with van der Waals surface area (Å²) >= 11 is 0. The fourth-order valence-electron chi connectivity index (χ4n) is 1.70. The Hall–Kier alpha value is -1.14. The van der Waals surface area contributed by atoms with Gasteiger partial charge in [0.2, 0.25) is 5.91 Å². The number of hydrogen-bond acceptors (Lipinski definition) is 4. The molecule has 1 amide bonds. The molecule has 106 valence electrons. The first-order valence-corrected chi connectivity index (χ1v) is 6.05. The Morgan fingerprint density at radius 3 is 1.83 bits per heavy atom. The molecule has 6 nitrogen and oxygen atoms in total. The maximum absolute atomic E-state index is 11.8. The van der Waals surface area contributed by atoms with Crippen molar-refractivity contribution >= 4 is 11.9 Å². The predicted octanol–water partition coefficient (Wildman–Crippen LogP) is 0.127. The molecule has 18 heavy (non-hydrogen) atoms. The average Bonchev–Trinajstić information content (AvgIpc) is 2.35. The SMILES string of the molecule is CCC(CC)(CC(=O)NC(C)(CO)CO)C(=O)O. The monoisotopic (exact) mass is 261 g/mol. The van der Waals surface area contributed by atoms with Gasteiger partial charge in [-0.1, -0.05) is 13.8 Å². The third-order valence-electron chi connectivity index (χ3n) is 3.45. The molecule has 0 aliphatic carbocycles. The highest BCUT2D eigenvalue weighted by Crippen LogP contribution is 2.31. The number of carbonyl (C=O) groups excluding carboxylic acids is 1. The summed E-state index contributed by atoms with van der Waals surface area (Å²) < 4.78 is 0. The van der Waals surface area contributed by atoms with Crippen LogP contribution in [-0.4, -0.2) is 45.9 Å². The van der Waals surface area contributed by atoms with Crippen molar-refractivity contribution in [1.82, 2.24) is 5.32 Å². The number of aliphatic hydroxyl groups is 2. The maximum Gasteiger partial charge on any atom is 0.310 e. The minimum absolute atomic E-state index is 0.162. The van der Waals surface area contributed by atoms with E-state index in [1.807, 2.05) is 0 Å². The number of carbonyl (C=O) groups is 2. The lowest BCUT2D eigenvalue weighted by atomic mass is 9.79. The molecular weight excluding hydrogens is 238 g/mol. The molecule has 0 atom stereocenters. The van der Waals surface area contributed by atoms with Crippen molar-refractivity contribution in [3.05, 3.63) is 0 Å². The topological polar surface area (TPSA) is 107 Å². The number of hydrogen-bond donors (Lipinski definition) is 4. The molecule has 0 spiro atoms. The molecule has 0 aromatic heterocycles. The van der Waals surface area contributed by atoms with Crippen LogP contribution < -0.4 is 5.32 Å². The van der Waals surface area contributed by atoms with Gasteiger partial charge in [-0.25, -0.2) is 0 Å². The lowest BCUT2D eigenvalue weighted by Crippen LogP contribution is -2.53. The molecule has 0 aliphatic rings. The van der Waals surface area contributed by atoms with Gasteiger partial charge < -0.3 is 20.6 Å². The Balaban J connectivity index is 4.78. The third-order valence-corrected chi connectivity index (χ3v) is 3.45. The van der Waals surface area contributed by atoms with Crippen molar-refractivity contribution in [3.8, 4) is 0 Å². The van der Waals surface area contributed by atoms with Gasteiger partial charge in [-0.15, -0.1) is 0 Å². The van der Waals surface area contributed by atoms with Gasteiger partial charge in [0.25, 0.3) is 0 Å². The van der Waals surface area contributed by atoms with Crippen LogP contribution in [-0.2, 0) is 9.59 Å². The second-order valence-electron chi connectivity index (χ2n) is 4.89. The van der Waals surface area contributed by atoms with Crippen molar-refractivity contribution in [1.29, 1.82) is 0 Å². The van der Waals surface area contributed by atoms with Gasteiger partial charge in [-0.05, 0) is 19.8 Å². The lowest BCUT2D eigenvalue weighted by Gasteiger charge is -2.30. The van der Waals surface area contributed by atoms with Crippen LogP contribution in [0.5, 0.6) is 0 Å². The summed E-state index contributed by atoms with van der Waals surface area (Å²) in [6, 6.07) is 0. The van der Waals surface area contributed by atoms with E-state index < -0.39 is 36.0 Å². The van der Waals surface area contributed by atoms with E-state index in [2.05, 4.69) is 5.32 Å². The molecule has 0 saturated carbocycles. The van der Waals surface area contributed by atoms with Crippen molar-refractivity contribution in [2.24, 2.45) is 5.41 Å². The molecule has 0 bridgehead atoms. The van der Waals surface area contributed by atoms with Crippen LogP contribution in [0.25, 0.3) is 0 Å². The summed E-state index contributed by atoms with van der Waals surface area (Å²) in [6.07, 6.45) is 0.535. The average molecular weight is 261 g/mol. The maximum atomic E-state index is 11.8. The van der Waals surface area contributed by atoms with Crippen LogP contribution in [0.15, 0.2) is 0 Å². The van der Waals surface area contributed by atoms with Crippen LogP contribution in [0.3, 0.4) is 0 Å². The highest BCUT2D eigenvalue weighted by molar-refractivity contribution is 5.85. The minimum atomic E-state index is -1.12. The fraction of sp³-hybridized carbons (Fsp3) is 0.833. The van der Waals surface area contributed by atoms with Crippen LogP contribution in [0.4, 0.5) is 0 Å². The minimum Gasteiger partial charge on any atom is -0.481 e. The molecular formula is C12H23NO5. The quantitative estimate of drug-likeness (QED) is 0.497. The van der Waals surface area contributed by atoms with E-state index in [0.29, 0.717) is 12.8 Å². The Bertz CT molecular complexity index is 295.